The number of halogens is 2. The summed E-state index contributed by atoms with van der Waals surface area (Å²) < 4.78 is 54.0. The van der Waals surface area contributed by atoms with Crippen LogP contribution >= 0.6 is 0 Å². The van der Waals surface area contributed by atoms with Gasteiger partial charge in [0.05, 0.1) is 29.4 Å². The van der Waals surface area contributed by atoms with E-state index in [9.17, 15) is 22.0 Å². The van der Waals surface area contributed by atoms with Gasteiger partial charge in [0.1, 0.15) is 5.82 Å². The molecule has 1 spiro atoms. The molecule has 0 radical (unpaired) electrons. The topological polar surface area (TPSA) is 128 Å². The summed E-state index contributed by atoms with van der Waals surface area (Å²) >= 11 is 0. The van der Waals surface area contributed by atoms with Crippen molar-refractivity contribution in [3.8, 4) is 0 Å². The van der Waals surface area contributed by atoms with Crippen molar-refractivity contribution in [1.82, 2.24) is 9.97 Å². The number of piperidine rings is 2. The molecule has 2 aromatic rings. The zero-order chi connectivity index (χ0) is 27.0. The Balaban J connectivity index is 1.36. The van der Waals surface area contributed by atoms with Crippen LogP contribution < -0.4 is 19.8 Å². The molecule has 13 heteroatoms. The highest BCUT2D eigenvalue weighted by Gasteiger charge is 2.44. The minimum absolute atomic E-state index is 0.0888. The van der Waals surface area contributed by atoms with Crippen LogP contribution in [0, 0.1) is 5.41 Å². The number of hydrogen-bond acceptors (Lipinski definition) is 8. The van der Waals surface area contributed by atoms with E-state index in [1.165, 1.54) is 19.0 Å². The highest BCUT2D eigenvalue weighted by Crippen LogP contribution is 2.54. The molecule has 0 bridgehead atoms. The Bertz CT molecular complexity index is 1280. The number of aliphatic hydroxyl groups excluding tert-OH is 1. The number of alkyl halides is 2. The lowest BCUT2D eigenvalue weighted by atomic mass is 9.93. The number of nitrogens with zero attached hydrogens (tertiary/aromatic N) is 4. The number of benzene rings is 1. The maximum atomic E-state index is 13.6. The molecule has 2 aliphatic heterocycles. The number of nitrogens with one attached hydrogen (secondary N) is 2. The summed E-state index contributed by atoms with van der Waals surface area (Å²) in [4.78, 5) is 25.4. The van der Waals surface area contributed by atoms with E-state index in [-0.39, 0.29) is 31.8 Å². The van der Waals surface area contributed by atoms with Gasteiger partial charge in [-0.3, -0.25) is 9.52 Å². The Morgan fingerprint density at radius 3 is 2.34 bits per heavy atom. The number of sulfonamides is 1. The van der Waals surface area contributed by atoms with Crippen molar-refractivity contribution < 1.29 is 27.1 Å². The van der Waals surface area contributed by atoms with Crippen LogP contribution in [0.2, 0.25) is 0 Å². The molecule has 10 nitrogen and oxygen atoms in total. The summed E-state index contributed by atoms with van der Waals surface area (Å²) in [6.07, 6.45) is 5.41. The number of aromatic nitrogens is 2. The SMILES string of the molecule is O=C(Nc1ccc(NS(=O)(=O)CCO)cc1N1CCC2(CC1)CC2)c1nccc(N2CCC(F)(F)CC2)n1. The molecule has 2 saturated heterocycles. The summed E-state index contributed by atoms with van der Waals surface area (Å²) in [7, 11) is -3.72. The Morgan fingerprint density at radius 1 is 1.00 bits per heavy atom. The van der Waals surface area contributed by atoms with Crippen molar-refractivity contribution >= 4 is 38.8 Å². The van der Waals surface area contributed by atoms with E-state index in [0.717, 1.165) is 25.9 Å². The van der Waals surface area contributed by atoms with E-state index in [2.05, 4.69) is 24.9 Å². The third kappa shape index (κ3) is 6.15. The van der Waals surface area contributed by atoms with Gasteiger partial charge in [0.25, 0.3) is 11.8 Å². The van der Waals surface area contributed by atoms with Gasteiger partial charge in [0, 0.05) is 45.2 Å². The van der Waals surface area contributed by atoms with Gasteiger partial charge in [0.2, 0.25) is 15.8 Å². The predicted octanol–water partition coefficient (Wildman–Crippen LogP) is 3.08. The smallest absolute Gasteiger partial charge is 0.293 e. The Morgan fingerprint density at radius 2 is 1.68 bits per heavy atom. The van der Waals surface area contributed by atoms with Gasteiger partial charge in [-0.1, -0.05) is 0 Å². The molecule has 1 amide bonds. The van der Waals surface area contributed by atoms with Crippen LogP contribution in [0.25, 0.3) is 0 Å². The lowest BCUT2D eigenvalue weighted by Crippen LogP contribution is -2.40. The summed E-state index contributed by atoms with van der Waals surface area (Å²) in [5.41, 5.74) is 1.91. The average Bonchev–Trinajstić information content (AvgIpc) is 3.64. The highest BCUT2D eigenvalue weighted by molar-refractivity contribution is 7.92. The maximum Gasteiger partial charge on any atom is 0.293 e. The lowest BCUT2D eigenvalue weighted by Gasteiger charge is -2.35. The van der Waals surface area contributed by atoms with Crippen molar-refractivity contribution in [1.29, 1.82) is 0 Å². The molecular formula is C25H32F2N6O4S. The third-order valence-corrected chi connectivity index (χ3v) is 8.93. The van der Waals surface area contributed by atoms with Gasteiger partial charge in [-0.25, -0.2) is 27.2 Å². The molecule has 3 heterocycles. The van der Waals surface area contributed by atoms with Crippen molar-refractivity contribution in [2.45, 2.75) is 44.4 Å². The van der Waals surface area contributed by atoms with E-state index in [4.69, 9.17) is 5.11 Å². The molecule has 3 fully saturated rings. The largest absolute Gasteiger partial charge is 0.395 e. The van der Waals surface area contributed by atoms with E-state index in [1.54, 1.807) is 29.2 Å². The maximum absolute atomic E-state index is 13.6. The zero-order valence-corrected chi connectivity index (χ0v) is 21.8. The number of aliphatic hydroxyl groups is 1. The summed E-state index contributed by atoms with van der Waals surface area (Å²) in [6, 6.07) is 6.45. The first-order valence-electron chi connectivity index (χ1n) is 12.8. The van der Waals surface area contributed by atoms with Crippen LogP contribution in [0.15, 0.2) is 30.5 Å². The molecule has 38 heavy (non-hydrogen) atoms. The summed E-state index contributed by atoms with van der Waals surface area (Å²) in [5.74, 6) is -3.34. The molecule has 1 aliphatic carbocycles. The van der Waals surface area contributed by atoms with Crippen molar-refractivity contribution in [3.05, 3.63) is 36.3 Å². The number of hydrogen-bond donors (Lipinski definition) is 3. The van der Waals surface area contributed by atoms with Gasteiger partial charge in [-0.15, -0.1) is 0 Å². The molecule has 3 aliphatic rings. The number of anilines is 4. The zero-order valence-electron chi connectivity index (χ0n) is 21.0. The molecule has 5 rings (SSSR count). The molecule has 0 unspecified atom stereocenters. The first-order chi connectivity index (χ1) is 18.1. The molecule has 3 N–H and O–H groups in total. The fraction of sp³-hybridized carbons (Fsp3) is 0.560. The quantitative estimate of drug-likeness (QED) is 0.458. The van der Waals surface area contributed by atoms with Crippen LogP contribution in [0.1, 0.15) is 49.1 Å². The Kier molecular flexibility index (Phi) is 7.16. The summed E-state index contributed by atoms with van der Waals surface area (Å²) in [6.45, 7) is 1.34. The second-order valence-electron chi connectivity index (χ2n) is 10.4. The number of amides is 1. The summed E-state index contributed by atoms with van der Waals surface area (Å²) in [5, 5.41) is 11.9. The van der Waals surface area contributed by atoms with Crippen molar-refractivity contribution in [3.63, 3.8) is 0 Å². The van der Waals surface area contributed by atoms with E-state index >= 15 is 0 Å². The lowest BCUT2D eigenvalue weighted by molar-refractivity contribution is -0.0221. The minimum Gasteiger partial charge on any atom is -0.395 e. The number of carbonyl (C=O) groups excluding carboxylic acids is 1. The third-order valence-electron chi connectivity index (χ3n) is 7.66. The number of rotatable bonds is 8. The molecule has 1 aromatic heterocycles. The molecular weight excluding hydrogens is 518 g/mol. The van der Waals surface area contributed by atoms with Gasteiger partial charge in [-0.2, -0.15) is 0 Å². The second kappa shape index (κ2) is 10.3. The van der Waals surface area contributed by atoms with Crippen molar-refractivity contribution in [2.75, 3.05) is 58.4 Å². The molecule has 1 saturated carbocycles. The Labute approximate surface area is 220 Å². The molecule has 0 atom stereocenters. The van der Waals surface area contributed by atoms with Gasteiger partial charge >= 0.3 is 0 Å². The van der Waals surface area contributed by atoms with E-state index < -0.39 is 34.2 Å². The van der Waals surface area contributed by atoms with Crippen LogP contribution in [-0.2, 0) is 10.0 Å². The standard InChI is InChI=1S/C25H32F2N6O4S/c26-25(27)8-13-33(14-9-25)21-3-10-28-22(30-21)23(35)29-19-2-1-18(31-38(36,37)16-15-34)17-20(19)32-11-6-24(4-5-24)7-12-32/h1-3,10,17,31,34H,4-9,11-16H2,(H,29,35). The minimum atomic E-state index is -3.72. The first-order valence-corrected chi connectivity index (χ1v) is 14.5. The normalized spacial score (nSPS) is 20.3. The number of carbonyl (C=O) groups is 1. The van der Waals surface area contributed by atoms with Crippen LogP contribution in [0.4, 0.5) is 31.7 Å². The van der Waals surface area contributed by atoms with Gasteiger partial charge in [-0.05, 0) is 55.4 Å². The average molecular weight is 551 g/mol. The monoisotopic (exact) mass is 550 g/mol. The molecule has 206 valence electrons. The van der Waals surface area contributed by atoms with E-state index in [1.807, 2.05) is 0 Å². The first kappa shape index (κ1) is 26.5. The van der Waals surface area contributed by atoms with Crippen molar-refractivity contribution in [2.24, 2.45) is 5.41 Å². The van der Waals surface area contributed by atoms with Crippen LogP contribution in [-0.4, -0.2) is 73.9 Å². The van der Waals surface area contributed by atoms with Gasteiger partial charge in [0.15, 0.2) is 0 Å². The molecule has 1 aromatic carbocycles. The van der Waals surface area contributed by atoms with Crippen LogP contribution in [0.5, 0.6) is 0 Å². The highest BCUT2D eigenvalue weighted by atomic mass is 32.2. The Hall–Kier alpha value is -3.06. The second-order valence-corrected chi connectivity index (χ2v) is 12.2. The fourth-order valence-electron chi connectivity index (χ4n) is 5.09. The fourth-order valence-corrected chi connectivity index (χ4v) is 5.92. The van der Waals surface area contributed by atoms with E-state index in [0.29, 0.717) is 28.3 Å². The predicted molar refractivity (Wildman–Crippen MR) is 140 cm³/mol. The van der Waals surface area contributed by atoms with Gasteiger partial charge < -0.3 is 20.2 Å². The van der Waals surface area contributed by atoms with Crippen LogP contribution in [0.3, 0.4) is 0 Å².